The molecule has 0 radical (unpaired) electrons. The van der Waals surface area contributed by atoms with Crippen LogP contribution in [0.25, 0.3) is 0 Å². The summed E-state index contributed by atoms with van der Waals surface area (Å²) in [4.78, 5) is 12.1. The number of ketones is 1. The van der Waals surface area contributed by atoms with E-state index >= 15 is 0 Å². The number of carbonyl (C=O) groups is 1. The fourth-order valence-corrected chi connectivity index (χ4v) is 3.67. The van der Waals surface area contributed by atoms with Crippen LogP contribution in [0.15, 0.2) is 18.2 Å². The van der Waals surface area contributed by atoms with E-state index in [1.165, 1.54) is 6.42 Å². The molecule has 1 aromatic rings. The standard InChI is InChI=1S/C22H34O5/c1-2-6-17(23)14-19(25)15-18(24)11-9-16-10-12-21(26)22(13-16)27-20-7-4-3-5-8-20/h10,12-13,17,19-20,23,25-26H,2-9,11,14-15H2,1H3. The highest BCUT2D eigenvalue weighted by Crippen LogP contribution is 2.31. The summed E-state index contributed by atoms with van der Waals surface area (Å²) >= 11 is 0. The molecule has 0 amide bonds. The zero-order chi connectivity index (χ0) is 19.6. The van der Waals surface area contributed by atoms with Crippen molar-refractivity contribution in [1.29, 1.82) is 0 Å². The number of hydrogen-bond acceptors (Lipinski definition) is 5. The summed E-state index contributed by atoms with van der Waals surface area (Å²) in [5.74, 6) is 0.611. The van der Waals surface area contributed by atoms with E-state index < -0.39 is 12.2 Å². The van der Waals surface area contributed by atoms with Crippen molar-refractivity contribution in [1.82, 2.24) is 0 Å². The molecule has 0 spiro atoms. The molecule has 5 heteroatoms. The van der Waals surface area contributed by atoms with Crippen molar-refractivity contribution in [3.05, 3.63) is 23.8 Å². The number of aromatic hydroxyl groups is 1. The van der Waals surface area contributed by atoms with E-state index in [-0.39, 0.29) is 30.5 Å². The molecule has 2 atom stereocenters. The first-order valence-corrected chi connectivity index (χ1v) is 10.3. The molecule has 0 heterocycles. The smallest absolute Gasteiger partial charge is 0.161 e. The molecule has 1 fully saturated rings. The number of carbonyl (C=O) groups excluding carboxylic acids is 1. The maximum atomic E-state index is 12.1. The number of aryl methyl sites for hydroxylation is 1. The third-order valence-electron chi connectivity index (χ3n) is 5.19. The minimum absolute atomic E-state index is 0.0194. The fourth-order valence-electron chi connectivity index (χ4n) is 3.67. The Morgan fingerprint density at radius 1 is 1.19 bits per heavy atom. The molecule has 2 rings (SSSR count). The van der Waals surface area contributed by atoms with Crippen molar-refractivity contribution < 1.29 is 24.9 Å². The van der Waals surface area contributed by atoms with Crippen LogP contribution in [0.1, 0.15) is 76.7 Å². The number of phenolic OH excluding ortho intramolecular Hbond substituents is 1. The molecule has 1 saturated carbocycles. The lowest BCUT2D eigenvalue weighted by Crippen LogP contribution is -2.21. The third-order valence-corrected chi connectivity index (χ3v) is 5.19. The average Bonchev–Trinajstić information content (AvgIpc) is 2.63. The van der Waals surface area contributed by atoms with Crippen molar-refractivity contribution in [2.45, 2.75) is 95.9 Å². The van der Waals surface area contributed by atoms with Gasteiger partial charge < -0.3 is 20.1 Å². The Kier molecular flexibility index (Phi) is 9.08. The summed E-state index contributed by atoms with van der Waals surface area (Å²) in [6, 6.07) is 5.24. The highest BCUT2D eigenvalue weighted by atomic mass is 16.5. The van der Waals surface area contributed by atoms with Gasteiger partial charge in [0.2, 0.25) is 0 Å². The number of Topliss-reactive ketones (excluding diaryl/α,β-unsaturated/α-hetero) is 1. The molecule has 0 aromatic heterocycles. The number of hydrogen-bond donors (Lipinski definition) is 3. The van der Waals surface area contributed by atoms with E-state index in [1.54, 1.807) is 12.1 Å². The van der Waals surface area contributed by atoms with Crippen molar-refractivity contribution >= 4 is 5.78 Å². The van der Waals surface area contributed by atoms with Crippen LogP contribution in [0, 0.1) is 0 Å². The molecule has 27 heavy (non-hydrogen) atoms. The Labute approximate surface area is 162 Å². The van der Waals surface area contributed by atoms with Gasteiger partial charge in [0.25, 0.3) is 0 Å². The third kappa shape index (κ3) is 7.89. The Balaban J connectivity index is 1.80. The van der Waals surface area contributed by atoms with Crippen molar-refractivity contribution in [3.63, 3.8) is 0 Å². The number of phenols is 1. The first-order chi connectivity index (χ1) is 13.0. The highest BCUT2D eigenvalue weighted by molar-refractivity contribution is 5.79. The Hall–Kier alpha value is -1.59. The fraction of sp³-hybridized carbons (Fsp3) is 0.682. The summed E-state index contributed by atoms with van der Waals surface area (Å²) in [5, 5.41) is 29.7. The molecule has 152 valence electrons. The lowest BCUT2D eigenvalue weighted by atomic mass is 9.97. The second kappa shape index (κ2) is 11.3. The zero-order valence-corrected chi connectivity index (χ0v) is 16.4. The van der Waals surface area contributed by atoms with Gasteiger partial charge in [-0.05, 0) is 62.6 Å². The topological polar surface area (TPSA) is 87.0 Å². The summed E-state index contributed by atoms with van der Waals surface area (Å²) in [6.07, 6.45) is 7.12. The molecule has 1 aliphatic rings. The van der Waals surface area contributed by atoms with E-state index in [4.69, 9.17) is 4.74 Å². The van der Waals surface area contributed by atoms with Crippen molar-refractivity contribution in [3.8, 4) is 11.5 Å². The number of benzene rings is 1. The monoisotopic (exact) mass is 378 g/mol. The maximum absolute atomic E-state index is 12.1. The Morgan fingerprint density at radius 3 is 2.63 bits per heavy atom. The van der Waals surface area contributed by atoms with Gasteiger partial charge in [-0.3, -0.25) is 4.79 Å². The van der Waals surface area contributed by atoms with Gasteiger partial charge in [0.05, 0.1) is 18.3 Å². The minimum atomic E-state index is -0.788. The van der Waals surface area contributed by atoms with Crippen LogP contribution >= 0.6 is 0 Å². The second-order valence-corrected chi connectivity index (χ2v) is 7.75. The molecule has 0 saturated heterocycles. The predicted octanol–water partition coefficient (Wildman–Crippen LogP) is 3.91. The van der Waals surface area contributed by atoms with E-state index in [0.29, 0.717) is 25.0 Å². The van der Waals surface area contributed by atoms with Crippen LogP contribution in [0.4, 0.5) is 0 Å². The quantitative estimate of drug-likeness (QED) is 0.543. The zero-order valence-electron chi connectivity index (χ0n) is 16.4. The Morgan fingerprint density at radius 2 is 1.93 bits per heavy atom. The van der Waals surface area contributed by atoms with E-state index in [1.807, 2.05) is 13.0 Å². The maximum Gasteiger partial charge on any atom is 0.161 e. The normalized spacial score (nSPS) is 17.4. The second-order valence-electron chi connectivity index (χ2n) is 7.75. The highest BCUT2D eigenvalue weighted by Gasteiger charge is 2.18. The van der Waals surface area contributed by atoms with Gasteiger partial charge in [-0.15, -0.1) is 0 Å². The first-order valence-electron chi connectivity index (χ1n) is 10.3. The first kappa shape index (κ1) is 21.7. The number of aliphatic hydroxyl groups excluding tert-OH is 2. The molecule has 3 N–H and O–H groups in total. The van der Waals surface area contributed by atoms with Gasteiger partial charge >= 0.3 is 0 Å². The average molecular weight is 379 g/mol. The molecule has 1 aromatic carbocycles. The molecular weight excluding hydrogens is 344 g/mol. The predicted molar refractivity (Wildman–Crippen MR) is 105 cm³/mol. The van der Waals surface area contributed by atoms with Crippen LogP contribution < -0.4 is 4.74 Å². The molecule has 5 nitrogen and oxygen atoms in total. The number of rotatable bonds is 11. The van der Waals surface area contributed by atoms with Crippen LogP contribution in [-0.2, 0) is 11.2 Å². The lowest BCUT2D eigenvalue weighted by molar-refractivity contribution is -0.121. The lowest BCUT2D eigenvalue weighted by Gasteiger charge is -2.23. The van der Waals surface area contributed by atoms with Crippen LogP contribution in [0.5, 0.6) is 11.5 Å². The summed E-state index contributed by atoms with van der Waals surface area (Å²) < 4.78 is 5.96. The molecular formula is C22H34O5. The van der Waals surface area contributed by atoms with E-state index in [0.717, 1.165) is 37.7 Å². The number of aliphatic hydroxyl groups is 2. The Bertz CT molecular complexity index is 580. The minimum Gasteiger partial charge on any atom is -0.504 e. The van der Waals surface area contributed by atoms with Gasteiger partial charge in [-0.2, -0.15) is 0 Å². The molecule has 1 aliphatic carbocycles. The van der Waals surface area contributed by atoms with Gasteiger partial charge in [-0.25, -0.2) is 0 Å². The van der Waals surface area contributed by atoms with Gasteiger partial charge in [0.1, 0.15) is 5.78 Å². The molecule has 0 bridgehead atoms. The van der Waals surface area contributed by atoms with E-state index in [9.17, 15) is 20.1 Å². The van der Waals surface area contributed by atoms with Crippen LogP contribution in [0.3, 0.4) is 0 Å². The van der Waals surface area contributed by atoms with Crippen molar-refractivity contribution in [2.75, 3.05) is 0 Å². The SMILES string of the molecule is CCCC(O)CC(O)CC(=O)CCc1ccc(O)c(OC2CCCCC2)c1. The van der Waals surface area contributed by atoms with Gasteiger partial charge in [-0.1, -0.05) is 25.8 Å². The van der Waals surface area contributed by atoms with Gasteiger partial charge in [0, 0.05) is 12.8 Å². The van der Waals surface area contributed by atoms with Crippen LogP contribution in [-0.4, -0.2) is 39.4 Å². The summed E-state index contributed by atoms with van der Waals surface area (Å²) in [5.41, 5.74) is 0.937. The van der Waals surface area contributed by atoms with Crippen LogP contribution in [0.2, 0.25) is 0 Å². The van der Waals surface area contributed by atoms with Gasteiger partial charge in [0.15, 0.2) is 11.5 Å². The molecule has 0 aliphatic heterocycles. The molecule has 2 unspecified atom stereocenters. The number of ether oxygens (including phenoxy) is 1. The summed E-state index contributed by atoms with van der Waals surface area (Å²) in [7, 11) is 0. The van der Waals surface area contributed by atoms with Crippen molar-refractivity contribution in [2.24, 2.45) is 0 Å². The summed E-state index contributed by atoms with van der Waals surface area (Å²) in [6.45, 7) is 1.98. The largest absolute Gasteiger partial charge is 0.504 e. The van der Waals surface area contributed by atoms with E-state index in [2.05, 4.69) is 0 Å².